The molecule has 0 radical (unpaired) electrons. The van der Waals surface area contributed by atoms with Crippen LogP contribution in [0.25, 0.3) is 0 Å². The van der Waals surface area contributed by atoms with Gasteiger partial charge >= 0.3 is 0 Å². The van der Waals surface area contributed by atoms with Crippen LogP contribution in [0.15, 0.2) is 10.7 Å². The van der Waals surface area contributed by atoms with Crippen LogP contribution >= 0.6 is 0 Å². The molecule has 0 spiro atoms. The van der Waals surface area contributed by atoms with E-state index in [1.165, 1.54) is 5.56 Å². The molecule has 1 saturated heterocycles. The summed E-state index contributed by atoms with van der Waals surface area (Å²) in [6.45, 7) is 3.78. The summed E-state index contributed by atoms with van der Waals surface area (Å²) in [7, 11) is 0. The van der Waals surface area contributed by atoms with E-state index in [2.05, 4.69) is 30.6 Å². The van der Waals surface area contributed by atoms with Gasteiger partial charge in [0.25, 0.3) is 11.7 Å². The Kier molecular flexibility index (Phi) is 3.60. The number of nitrogens with one attached hydrogen (secondary N) is 2. The molecule has 122 valence electrons. The third-order valence-corrected chi connectivity index (χ3v) is 4.51. The number of carbonyl (C=O) groups excluding carboxylic acids is 1. The smallest absolute Gasteiger partial charge is 0.292 e. The Labute approximate surface area is 133 Å². The van der Waals surface area contributed by atoms with Gasteiger partial charge in [-0.25, -0.2) is 0 Å². The fourth-order valence-electron chi connectivity index (χ4n) is 2.99. The van der Waals surface area contributed by atoms with Crippen LogP contribution < -0.4 is 5.32 Å². The highest BCUT2D eigenvalue weighted by Crippen LogP contribution is 2.32. The second-order valence-electron chi connectivity index (χ2n) is 6.35. The number of H-pyrrole nitrogens is 1. The third-order valence-electron chi connectivity index (χ3n) is 4.51. The summed E-state index contributed by atoms with van der Waals surface area (Å²) < 4.78 is 5.36. The average molecular weight is 316 g/mol. The molecule has 1 aliphatic carbocycles. The lowest BCUT2D eigenvalue weighted by Crippen LogP contribution is -2.27. The van der Waals surface area contributed by atoms with Gasteiger partial charge in [-0.1, -0.05) is 5.16 Å². The van der Waals surface area contributed by atoms with Crippen LogP contribution in [0.1, 0.15) is 59.5 Å². The molecule has 2 aromatic heterocycles. The molecule has 0 bridgehead atoms. The molecule has 1 aliphatic heterocycles. The first-order valence-corrected chi connectivity index (χ1v) is 8.08. The van der Waals surface area contributed by atoms with Crippen molar-refractivity contribution in [1.29, 1.82) is 0 Å². The SMILES string of the molecule is Cc1[nH]ncc1CN1CCC[C@@H]1c1nc(C(=O)NC2CC2)no1. The maximum atomic E-state index is 12.0. The minimum Gasteiger partial charge on any atom is -0.346 e. The number of aromatic amines is 1. The molecule has 0 unspecified atom stereocenters. The number of hydrogen-bond donors (Lipinski definition) is 2. The number of likely N-dealkylation sites (tertiary alicyclic amines) is 1. The van der Waals surface area contributed by atoms with E-state index in [1.54, 1.807) is 0 Å². The maximum Gasteiger partial charge on any atom is 0.292 e. The monoisotopic (exact) mass is 316 g/mol. The number of amides is 1. The fourth-order valence-corrected chi connectivity index (χ4v) is 2.99. The van der Waals surface area contributed by atoms with Crippen LogP contribution in [0.2, 0.25) is 0 Å². The number of rotatable bonds is 5. The Morgan fingerprint density at radius 3 is 3.09 bits per heavy atom. The predicted molar refractivity (Wildman–Crippen MR) is 80.5 cm³/mol. The standard InChI is InChI=1S/C15H20N6O2/c1-9-10(7-16-19-9)8-21-6-2-3-12(21)15-18-13(20-23-15)14(22)17-11-4-5-11/h7,11-12H,2-6,8H2,1H3,(H,16,19)(H,17,22)/t12-/m1/s1. The van der Waals surface area contributed by atoms with Gasteiger partial charge in [-0.15, -0.1) is 0 Å². The summed E-state index contributed by atoms with van der Waals surface area (Å²) in [5.41, 5.74) is 2.24. The number of nitrogens with zero attached hydrogens (tertiary/aromatic N) is 4. The van der Waals surface area contributed by atoms with Gasteiger partial charge in [0.2, 0.25) is 5.89 Å². The molecule has 2 aliphatic rings. The third kappa shape index (κ3) is 2.98. The van der Waals surface area contributed by atoms with Crippen molar-refractivity contribution in [2.75, 3.05) is 6.54 Å². The molecule has 23 heavy (non-hydrogen) atoms. The lowest BCUT2D eigenvalue weighted by atomic mass is 10.2. The number of hydrogen-bond acceptors (Lipinski definition) is 6. The Hall–Kier alpha value is -2.22. The van der Waals surface area contributed by atoms with Crippen LogP contribution in [0.3, 0.4) is 0 Å². The molecule has 0 aromatic carbocycles. The maximum absolute atomic E-state index is 12.0. The summed E-state index contributed by atoms with van der Waals surface area (Å²) in [6.07, 6.45) is 5.97. The van der Waals surface area contributed by atoms with Crippen molar-refractivity contribution in [3.63, 3.8) is 0 Å². The molecular formula is C15H20N6O2. The summed E-state index contributed by atoms with van der Waals surface area (Å²) in [5.74, 6) is 0.431. The molecule has 2 aromatic rings. The average Bonchev–Trinajstić information content (AvgIpc) is 2.96. The van der Waals surface area contributed by atoms with Gasteiger partial charge in [0.05, 0.1) is 12.2 Å². The van der Waals surface area contributed by atoms with Crippen LogP contribution in [0, 0.1) is 6.92 Å². The fraction of sp³-hybridized carbons (Fsp3) is 0.600. The molecule has 1 amide bonds. The normalized spacial score (nSPS) is 21.7. The lowest BCUT2D eigenvalue weighted by Gasteiger charge is -2.20. The first-order chi connectivity index (χ1) is 11.2. The molecule has 3 heterocycles. The second kappa shape index (κ2) is 5.77. The zero-order valence-electron chi connectivity index (χ0n) is 13.1. The van der Waals surface area contributed by atoms with E-state index in [1.807, 2.05) is 13.1 Å². The molecule has 4 rings (SSSR count). The number of aryl methyl sites for hydroxylation is 1. The summed E-state index contributed by atoms with van der Waals surface area (Å²) in [6, 6.07) is 0.357. The molecule has 1 atom stereocenters. The Morgan fingerprint density at radius 1 is 1.48 bits per heavy atom. The van der Waals surface area contributed by atoms with E-state index in [9.17, 15) is 4.79 Å². The van der Waals surface area contributed by atoms with Crippen LogP contribution in [0.5, 0.6) is 0 Å². The van der Waals surface area contributed by atoms with Crippen molar-refractivity contribution in [2.45, 2.75) is 51.2 Å². The Morgan fingerprint density at radius 2 is 2.35 bits per heavy atom. The van der Waals surface area contributed by atoms with Crippen molar-refractivity contribution in [3.05, 3.63) is 29.2 Å². The van der Waals surface area contributed by atoms with Crippen LogP contribution in [0.4, 0.5) is 0 Å². The largest absolute Gasteiger partial charge is 0.346 e. The topological polar surface area (TPSA) is 99.9 Å². The zero-order valence-corrected chi connectivity index (χ0v) is 13.1. The Bertz CT molecular complexity index is 704. The van der Waals surface area contributed by atoms with Crippen LogP contribution in [-0.2, 0) is 6.54 Å². The highest BCUT2D eigenvalue weighted by Gasteiger charge is 2.32. The molecule has 2 N–H and O–H groups in total. The van der Waals surface area contributed by atoms with Gasteiger partial charge in [-0.3, -0.25) is 14.8 Å². The van der Waals surface area contributed by atoms with E-state index in [-0.39, 0.29) is 23.8 Å². The molecule has 8 nitrogen and oxygen atoms in total. The quantitative estimate of drug-likeness (QED) is 0.863. The first kappa shape index (κ1) is 14.4. The van der Waals surface area contributed by atoms with Gasteiger partial charge in [0.1, 0.15) is 0 Å². The summed E-state index contributed by atoms with van der Waals surface area (Å²) in [4.78, 5) is 18.6. The van der Waals surface area contributed by atoms with E-state index in [0.717, 1.165) is 44.5 Å². The van der Waals surface area contributed by atoms with Gasteiger partial charge in [0.15, 0.2) is 0 Å². The molecule has 8 heteroatoms. The minimum absolute atomic E-state index is 0.0688. The van der Waals surface area contributed by atoms with Gasteiger partial charge < -0.3 is 9.84 Å². The molecule has 2 fully saturated rings. The van der Waals surface area contributed by atoms with Crippen molar-refractivity contribution < 1.29 is 9.32 Å². The first-order valence-electron chi connectivity index (χ1n) is 8.08. The lowest BCUT2D eigenvalue weighted by molar-refractivity contribution is 0.0937. The van der Waals surface area contributed by atoms with E-state index in [0.29, 0.717) is 5.89 Å². The van der Waals surface area contributed by atoms with E-state index >= 15 is 0 Å². The van der Waals surface area contributed by atoms with Crippen molar-refractivity contribution >= 4 is 5.91 Å². The Balaban J connectivity index is 1.46. The van der Waals surface area contributed by atoms with Gasteiger partial charge in [-0.2, -0.15) is 10.1 Å². The van der Waals surface area contributed by atoms with E-state index in [4.69, 9.17) is 4.52 Å². The minimum atomic E-state index is -0.238. The predicted octanol–water partition coefficient (Wildman–Crippen LogP) is 1.33. The van der Waals surface area contributed by atoms with Crippen LogP contribution in [-0.4, -0.2) is 43.7 Å². The highest BCUT2D eigenvalue weighted by atomic mass is 16.5. The summed E-state index contributed by atoms with van der Waals surface area (Å²) >= 11 is 0. The highest BCUT2D eigenvalue weighted by molar-refractivity contribution is 5.90. The summed E-state index contributed by atoms with van der Waals surface area (Å²) in [5, 5.41) is 13.8. The van der Waals surface area contributed by atoms with Gasteiger partial charge in [0, 0.05) is 23.8 Å². The van der Waals surface area contributed by atoms with E-state index < -0.39 is 0 Å². The number of carbonyl (C=O) groups is 1. The van der Waals surface area contributed by atoms with Crippen molar-refractivity contribution in [1.82, 2.24) is 30.6 Å². The van der Waals surface area contributed by atoms with Crippen molar-refractivity contribution in [3.8, 4) is 0 Å². The molecular weight excluding hydrogens is 296 g/mol. The van der Waals surface area contributed by atoms with Gasteiger partial charge in [-0.05, 0) is 39.2 Å². The number of aromatic nitrogens is 4. The molecule has 1 saturated carbocycles. The second-order valence-corrected chi connectivity index (χ2v) is 6.35. The van der Waals surface area contributed by atoms with Crippen molar-refractivity contribution in [2.24, 2.45) is 0 Å². The zero-order chi connectivity index (χ0) is 15.8.